The minimum atomic E-state index is -0.602. The average Bonchev–Trinajstić information content (AvgIpc) is 3.32. The quantitative estimate of drug-likeness (QED) is 0.418. The lowest BCUT2D eigenvalue weighted by atomic mass is 10.1. The van der Waals surface area contributed by atoms with Crippen molar-refractivity contribution >= 4 is 17.6 Å². The van der Waals surface area contributed by atoms with Crippen molar-refractivity contribution in [3.63, 3.8) is 0 Å². The topological polar surface area (TPSA) is 72.6 Å². The molecule has 0 aliphatic heterocycles. The predicted octanol–water partition coefficient (Wildman–Crippen LogP) is 4.98. The molecular weight excluding hydrogens is 392 g/mol. The minimum absolute atomic E-state index is 0.0633. The van der Waals surface area contributed by atoms with Crippen molar-refractivity contribution in [2.45, 2.75) is 6.61 Å². The van der Waals surface area contributed by atoms with E-state index in [-0.39, 0.29) is 23.6 Å². The smallest absolute Gasteiger partial charge is 0.339 e. The average molecular weight is 412 g/mol. The number of ether oxygens (including phenoxy) is 1. The number of oxazole rings is 1. The number of rotatable bonds is 6. The summed E-state index contributed by atoms with van der Waals surface area (Å²) in [4.78, 5) is 31.6. The zero-order chi connectivity index (χ0) is 21.6. The number of hydrogen-bond donors (Lipinski definition) is 0. The number of esters is 1. The van der Waals surface area contributed by atoms with Crippen LogP contribution in [-0.2, 0) is 11.3 Å². The van der Waals surface area contributed by atoms with E-state index in [9.17, 15) is 9.59 Å². The summed E-state index contributed by atoms with van der Waals surface area (Å²) in [5.41, 5.74) is 2.51. The molecule has 154 valence electrons. The standard InChI is InChI=1S/C25H20N2O4/c1-27(20-12-6-3-7-13-20)24(28)21-14-8-9-15-22(21)25(29)31-17-19-16-30-23(26-19)18-10-4-2-5-11-18/h2-16H,17H2,1H3. The first-order valence-electron chi connectivity index (χ1n) is 9.72. The number of carbonyl (C=O) groups excluding carboxylic acids is 2. The number of carbonyl (C=O) groups is 2. The van der Waals surface area contributed by atoms with Gasteiger partial charge in [-0.3, -0.25) is 4.79 Å². The predicted molar refractivity (Wildman–Crippen MR) is 117 cm³/mol. The Kier molecular flexibility index (Phi) is 5.89. The Morgan fingerprint density at radius 2 is 1.48 bits per heavy atom. The van der Waals surface area contributed by atoms with Crippen LogP contribution in [0.4, 0.5) is 5.69 Å². The maximum Gasteiger partial charge on any atom is 0.339 e. The van der Waals surface area contributed by atoms with Gasteiger partial charge < -0.3 is 14.1 Å². The first-order chi connectivity index (χ1) is 15.1. The Morgan fingerprint density at radius 1 is 0.871 bits per heavy atom. The van der Waals surface area contributed by atoms with E-state index in [4.69, 9.17) is 9.15 Å². The molecule has 4 rings (SSSR count). The van der Waals surface area contributed by atoms with Crippen LogP contribution in [0.1, 0.15) is 26.4 Å². The number of hydrogen-bond acceptors (Lipinski definition) is 5. The highest BCUT2D eigenvalue weighted by Gasteiger charge is 2.21. The van der Waals surface area contributed by atoms with Crippen LogP contribution in [0.3, 0.4) is 0 Å². The molecule has 0 aliphatic carbocycles. The second-order valence-electron chi connectivity index (χ2n) is 6.83. The highest BCUT2D eigenvalue weighted by atomic mass is 16.5. The Balaban J connectivity index is 1.47. The molecule has 0 fully saturated rings. The molecule has 6 nitrogen and oxygen atoms in total. The summed E-state index contributed by atoms with van der Waals surface area (Å²) in [6.45, 7) is -0.0633. The molecule has 0 spiro atoms. The molecule has 0 saturated carbocycles. The molecule has 3 aromatic carbocycles. The molecule has 31 heavy (non-hydrogen) atoms. The van der Waals surface area contributed by atoms with E-state index < -0.39 is 5.97 Å². The Labute approximate surface area is 179 Å². The lowest BCUT2D eigenvalue weighted by Gasteiger charge is -2.18. The summed E-state index contributed by atoms with van der Waals surface area (Å²) in [6, 6.07) is 25.3. The van der Waals surface area contributed by atoms with Gasteiger partial charge in [-0.15, -0.1) is 0 Å². The molecule has 0 saturated heterocycles. The number of aromatic nitrogens is 1. The number of nitrogens with zero attached hydrogens (tertiary/aromatic N) is 2. The highest BCUT2D eigenvalue weighted by Crippen LogP contribution is 2.20. The zero-order valence-electron chi connectivity index (χ0n) is 16.9. The fourth-order valence-corrected chi connectivity index (χ4v) is 3.10. The van der Waals surface area contributed by atoms with E-state index in [1.807, 2.05) is 60.7 Å². The van der Waals surface area contributed by atoms with Crippen molar-refractivity contribution in [1.82, 2.24) is 4.98 Å². The van der Waals surface area contributed by atoms with Crippen molar-refractivity contribution in [3.8, 4) is 11.5 Å². The SMILES string of the molecule is CN(C(=O)c1ccccc1C(=O)OCc1coc(-c2ccccc2)n1)c1ccccc1. The molecule has 1 heterocycles. The number of para-hydroxylation sites is 1. The Hall–Kier alpha value is -4.19. The summed E-state index contributed by atoms with van der Waals surface area (Å²) in [5.74, 6) is -0.451. The van der Waals surface area contributed by atoms with Crippen molar-refractivity contribution < 1.29 is 18.7 Å². The molecule has 6 heteroatoms. The van der Waals surface area contributed by atoms with Crippen molar-refractivity contribution in [1.29, 1.82) is 0 Å². The molecule has 0 unspecified atom stereocenters. The summed E-state index contributed by atoms with van der Waals surface area (Å²) in [6.07, 6.45) is 1.45. The van der Waals surface area contributed by atoms with Gasteiger partial charge in [0.2, 0.25) is 5.89 Å². The van der Waals surface area contributed by atoms with Crippen LogP contribution in [-0.4, -0.2) is 23.9 Å². The second kappa shape index (κ2) is 9.09. The third kappa shape index (κ3) is 4.53. The van der Waals surface area contributed by atoms with E-state index in [2.05, 4.69) is 4.98 Å². The largest absolute Gasteiger partial charge is 0.455 e. The molecule has 1 amide bonds. The van der Waals surface area contributed by atoms with E-state index >= 15 is 0 Å². The third-order valence-corrected chi connectivity index (χ3v) is 4.75. The van der Waals surface area contributed by atoms with Crippen molar-refractivity contribution in [3.05, 3.63) is 108 Å². The van der Waals surface area contributed by atoms with E-state index in [1.54, 1.807) is 31.3 Å². The van der Waals surface area contributed by atoms with Gasteiger partial charge >= 0.3 is 5.97 Å². The van der Waals surface area contributed by atoms with Gasteiger partial charge in [-0.05, 0) is 36.4 Å². The van der Waals surface area contributed by atoms with Gasteiger partial charge in [0.15, 0.2) is 0 Å². The zero-order valence-corrected chi connectivity index (χ0v) is 16.9. The van der Waals surface area contributed by atoms with Crippen LogP contribution >= 0.6 is 0 Å². The Morgan fingerprint density at radius 3 is 2.19 bits per heavy atom. The molecule has 0 atom stereocenters. The van der Waals surface area contributed by atoms with Gasteiger partial charge in [0, 0.05) is 18.3 Å². The molecule has 4 aromatic rings. The van der Waals surface area contributed by atoms with Gasteiger partial charge in [-0.2, -0.15) is 0 Å². The first-order valence-corrected chi connectivity index (χ1v) is 9.72. The summed E-state index contributed by atoms with van der Waals surface area (Å²) in [7, 11) is 1.67. The van der Waals surface area contributed by atoms with Crippen LogP contribution in [0.25, 0.3) is 11.5 Å². The van der Waals surface area contributed by atoms with Crippen LogP contribution in [0.15, 0.2) is 95.6 Å². The molecule has 0 aliphatic rings. The normalized spacial score (nSPS) is 10.5. The van der Waals surface area contributed by atoms with Gasteiger partial charge in [0.25, 0.3) is 5.91 Å². The van der Waals surface area contributed by atoms with Gasteiger partial charge in [0.1, 0.15) is 18.6 Å². The monoisotopic (exact) mass is 412 g/mol. The van der Waals surface area contributed by atoms with Crippen LogP contribution < -0.4 is 4.90 Å². The summed E-state index contributed by atoms with van der Waals surface area (Å²) < 4.78 is 10.9. The van der Waals surface area contributed by atoms with Crippen LogP contribution in [0.5, 0.6) is 0 Å². The van der Waals surface area contributed by atoms with Crippen LogP contribution in [0.2, 0.25) is 0 Å². The maximum absolute atomic E-state index is 13.0. The van der Waals surface area contributed by atoms with Gasteiger partial charge in [0.05, 0.1) is 11.1 Å². The van der Waals surface area contributed by atoms with Gasteiger partial charge in [-0.1, -0.05) is 48.5 Å². The number of benzene rings is 3. The Bertz CT molecular complexity index is 1190. The molecule has 0 radical (unpaired) electrons. The van der Waals surface area contributed by atoms with Crippen LogP contribution in [0, 0.1) is 0 Å². The second-order valence-corrected chi connectivity index (χ2v) is 6.83. The summed E-state index contributed by atoms with van der Waals surface area (Å²) in [5, 5.41) is 0. The number of anilines is 1. The van der Waals surface area contributed by atoms with E-state index in [1.165, 1.54) is 11.2 Å². The van der Waals surface area contributed by atoms with Gasteiger partial charge in [-0.25, -0.2) is 9.78 Å². The van der Waals surface area contributed by atoms with Crippen molar-refractivity contribution in [2.75, 3.05) is 11.9 Å². The lowest BCUT2D eigenvalue weighted by Crippen LogP contribution is -2.28. The highest BCUT2D eigenvalue weighted by molar-refractivity contribution is 6.11. The molecule has 0 bridgehead atoms. The summed E-state index contributed by atoms with van der Waals surface area (Å²) >= 11 is 0. The molecule has 0 N–H and O–H groups in total. The molecular formula is C25H20N2O4. The van der Waals surface area contributed by atoms with E-state index in [0.29, 0.717) is 11.6 Å². The lowest BCUT2D eigenvalue weighted by molar-refractivity contribution is 0.0465. The fraction of sp³-hybridized carbons (Fsp3) is 0.0800. The minimum Gasteiger partial charge on any atom is -0.455 e. The number of amides is 1. The third-order valence-electron chi connectivity index (χ3n) is 4.75. The fourth-order valence-electron chi connectivity index (χ4n) is 3.10. The van der Waals surface area contributed by atoms with Crippen molar-refractivity contribution in [2.24, 2.45) is 0 Å². The van der Waals surface area contributed by atoms with E-state index in [0.717, 1.165) is 11.3 Å². The maximum atomic E-state index is 13.0. The first kappa shape index (κ1) is 20.1. The molecule has 1 aromatic heterocycles.